The molecule has 1 aliphatic heterocycles. The Morgan fingerprint density at radius 1 is 0.551 bits per heavy atom. The van der Waals surface area contributed by atoms with Gasteiger partial charge in [-0.2, -0.15) is 4.99 Å². The van der Waals surface area contributed by atoms with Crippen molar-refractivity contribution in [3.8, 4) is 11.5 Å². The van der Waals surface area contributed by atoms with Crippen LogP contribution in [0.4, 0.5) is 4.79 Å². The number of ether oxygens (including phenoxy) is 1. The molecule has 13 N–H and O–H groups in total. The molecule has 1 fully saturated rings. The number of urea groups is 1. The fourth-order valence-corrected chi connectivity index (χ4v) is 9.32. The van der Waals surface area contributed by atoms with E-state index in [0.717, 1.165) is 11.1 Å². The number of aromatic hydroxyl groups is 1. The average molecular weight is 1340 g/mol. The van der Waals surface area contributed by atoms with Gasteiger partial charge in [0.05, 0.1) is 38.7 Å². The summed E-state index contributed by atoms with van der Waals surface area (Å²) in [5.74, 6) is -5.21. The third kappa shape index (κ3) is 29.0. The van der Waals surface area contributed by atoms with Crippen molar-refractivity contribution >= 4 is 85.3 Å². The molecule has 4 aromatic carbocycles. The Hall–Kier alpha value is -8.31. The molecule has 1 unspecified atom stereocenters. The molecule has 5 rings (SSSR count). The molecule has 0 bridgehead atoms. The van der Waals surface area contributed by atoms with Crippen molar-refractivity contribution in [3.05, 3.63) is 131 Å². The first-order chi connectivity index (χ1) is 42.3. The summed E-state index contributed by atoms with van der Waals surface area (Å²) in [6, 6.07) is 27.7. The minimum absolute atomic E-state index is 0. The van der Waals surface area contributed by atoms with Gasteiger partial charge >= 0.3 is 49.8 Å². The van der Waals surface area contributed by atoms with Crippen LogP contribution in [0, 0.1) is 0 Å². The first-order valence-corrected chi connectivity index (χ1v) is 29.3. The number of hydrogen-bond acceptors (Lipinski definition) is 15. The minimum Gasteiger partial charge on any atom is -0.508 e. The number of hydrogen-bond donors (Lipinski definition) is 12. The molecule has 0 saturated carbocycles. The van der Waals surface area contributed by atoms with E-state index in [4.69, 9.17) is 10.5 Å². The van der Waals surface area contributed by atoms with Crippen LogP contribution >= 0.6 is 0 Å². The third-order valence-corrected chi connectivity index (χ3v) is 14.1. The number of nitrogens with one attached hydrogen (secondary N) is 7. The van der Waals surface area contributed by atoms with Crippen LogP contribution in [0.25, 0.3) is 0 Å². The topological polar surface area (TPSA) is 379 Å². The normalized spacial score (nSPS) is 14.4. The average Bonchev–Trinajstić information content (AvgIpc) is 3.69. The molecule has 28 heteroatoms. The van der Waals surface area contributed by atoms with Crippen molar-refractivity contribution < 1.29 is 68.3 Å². The van der Waals surface area contributed by atoms with Crippen molar-refractivity contribution in [2.24, 2.45) is 10.7 Å². The molecule has 7 amide bonds. The summed E-state index contributed by atoms with van der Waals surface area (Å²) in [5, 5.41) is 57.9. The number of carbonyl (C=O) groups excluding carboxylic acids is 6. The maximum Gasteiger partial charge on any atom is 3.00 e. The summed E-state index contributed by atoms with van der Waals surface area (Å²) >= 11 is 0. The number of rotatable bonds is 32. The number of carboxylic acid groups (broad SMARTS) is 3. The predicted molar refractivity (Wildman–Crippen MR) is 332 cm³/mol. The molecule has 0 radical (unpaired) electrons. The van der Waals surface area contributed by atoms with Crippen LogP contribution < -0.4 is 47.7 Å². The molecule has 476 valence electrons. The van der Waals surface area contributed by atoms with E-state index in [2.05, 4.69) is 42.2 Å². The van der Waals surface area contributed by atoms with Crippen molar-refractivity contribution in [1.82, 2.24) is 56.8 Å². The summed E-state index contributed by atoms with van der Waals surface area (Å²) < 4.78 is 6.14. The van der Waals surface area contributed by atoms with Crippen LogP contribution in [0.5, 0.6) is 11.5 Å². The van der Waals surface area contributed by atoms with E-state index in [1.54, 1.807) is 82.3 Å². The summed E-state index contributed by atoms with van der Waals surface area (Å²) in [6.07, 6.45) is 1.98. The largest absolute Gasteiger partial charge is 3.00 e. The van der Waals surface area contributed by atoms with Crippen LogP contribution in [0.2, 0.25) is 0 Å². The fourth-order valence-electron chi connectivity index (χ4n) is 9.32. The Kier molecular flexibility index (Phi) is 33.1. The first kappa shape index (κ1) is 73.2. The molecule has 1 heterocycles. The number of phenolic OH excluding ortho intramolecular Hbond substituents is 1. The van der Waals surface area contributed by atoms with E-state index in [1.165, 1.54) is 12.1 Å². The van der Waals surface area contributed by atoms with Gasteiger partial charge in [-0.1, -0.05) is 73.7 Å². The van der Waals surface area contributed by atoms with E-state index in [9.17, 15) is 63.6 Å². The molecule has 27 nitrogen and oxygen atoms in total. The predicted octanol–water partition coefficient (Wildman–Crippen LogP) is 0.545. The SMILES string of the molecule is CCC(=O)NCCNC(=O)/N=C(/N)NCCC[C@@H](NC(=O)C(c1ccccc1)c1cccc(OCCCCNC(=O)c2ccc(CNC(=O)CN3CCN(CC(=O)O)CCN(CC(=O)O)CCN(CC(=O)O)CC3)cc2)c1)C(=O)NCc1ccc(O)cc1.[In+3]. The second kappa shape index (κ2) is 40.3. The zero-order valence-electron chi connectivity index (χ0n) is 50.2. The Morgan fingerprint density at radius 3 is 1.65 bits per heavy atom. The summed E-state index contributed by atoms with van der Waals surface area (Å²) in [6.45, 7) is 4.59. The van der Waals surface area contributed by atoms with Gasteiger partial charge in [0.25, 0.3) is 5.91 Å². The quantitative estimate of drug-likeness (QED) is 0.0180. The Morgan fingerprint density at radius 2 is 1.08 bits per heavy atom. The van der Waals surface area contributed by atoms with Gasteiger partial charge < -0.3 is 68.1 Å². The maximum absolute atomic E-state index is 14.5. The summed E-state index contributed by atoms with van der Waals surface area (Å²) in [5.41, 5.74) is 9.11. The number of carbonyl (C=O) groups is 9. The molecular weight excluding hydrogens is 1250 g/mol. The van der Waals surface area contributed by atoms with Crippen LogP contribution in [0.3, 0.4) is 0 Å². The van der Waals surface area contributed by atoms with E-state index < -0.39 is 47.7 Å². The van der Waals surface area contributed by atoms with E-state index in [0.29, 0.717) is 74.4 Å². The maximum atomic E-state index is 14.5. The van der Waals surface area contributed by atoms with E-state index >= 15 is 0 Å². The van der Waals surface area contributed by atoms with Gasteiger partial charge in [0, 0.05) is 104 Å². The summed E-state index contributed by atoms with van der Waals surface area (Å²) in [4.78, 5) is 124. The second-order valence-corrected chi connectivity index (χ2v) is 20.9. The third-order valence-electron chi connectivity index (χ3n) is 14.1. The zero-order chi connectivity index (χ0) is 63.6. The van der Waals surface area contributed by atoms with Gasteiger partial charge in [-0.25, -0.2) is 4.79 Å². The number of aliphatic imine (C=N–C) groups is 1. The number of nitrogens with zero attached hydrogens (tertiary/aromatic N) is 5. The monoisotopic (exact) mass is 1340 g/mol. The van der Waals surface area contributed by atoms with Crippen LogP contribution in [-0.2, 0) is 46.7 Å². The Bertz CT molecular complexity index is 2910. The standard InChI is InChI=1S/C61H83N13O14.In/c1-2-51(76)63-25-26-66-61(87)70-60(62)65-24-9-14-50(58(85)68-38-44-17-21-48(75)22-18-44)69-59(86)56(45-10-4-3-5-11-45)47-12-8-13-49(36-47)88-35-7-6-23-64-57(84)46-19-15-43(16-20-46)37-67-52(77)39-71-27-29-72(40-53(78)79)31-33-74(42-55(82)83)34-32-73(30-28-71)41-54(80)81;/h3-5,8,10-13,15-22,36,50,56,75H,2,6-7,9,14,23-35,37-42H2,1H3,(H,63,76)(H,64,84)(H,67,77)(H,68,85)(H,69,86)(H,78,79)(H,80,81)(H,82,83)(H4,62,65,66,70,87);/q;+3/t50-,56?;/m1./s1. The molecule has 2 atom stereocenters. The van der Waals surface area contributed by atoms with E-state index in [1.807, 2.05) is 35.2 Å². The molecule has 89 heavy (non-hydrogen) atoms. The van der Waals surface area contributed by atoms with Gasteiger partial charge in [0.2, 0.25) is 23.6 Å². The molecule has 0 aliphatic carbocycles. The zero-order valence-corrected chi connectivity index (χ0v) is 53.5. The second-order valence-electron chi connectivity index (χ2n) is 20.9. The number of amides is 7. The number of phenols is 1. The Labute approximate surface area is 536 Å². The van der Waals surface area contributed by atoms with Gasteiger partial charge in [0.1, 0.15) is 17.5 Å². The minimum atomic E-state index is -1.05. The number of aliphatic carboxylic acids is 3. The smallest absolute Gasteiger partial charge is 0.508 e. The number of nitrogens with two attached hydrogens (primary N) is 1. The summed E-state index contributed by atoms with van der Waals surface area (Å²) in [7, 11) is 0. The Balaban J connectivity index is 0.0000169. The molecule has 1 saturated heterocycles. The molecule has 1 aliphatic rings. The fraction of sp³-hybridized carbons (Fsp3) is 0.443. The molecule has 0 aromatic heterocycles. The number of unbranched alkanes of at least 4 members (excludes halogenated alkanes) is 1. The van der Waals surface area contributed by atoms with Crippen molar-refractivity contribution in [3.63, 3.8) is 0 Å². The van der Waals surface area contributed by atoms with Crippen LogP contribution in [0.15, 0.2) is 108 Å². The van der Waals surface area contributed by atoms with Gasteiger partial charge in [-0.3, -0.25) is 58.0 Å². The first-order valence-electron chi connectivity index (χ1n) is 29.3. The van der Waals surface area contributed by atoms with Gasteiger partial charge in [-0.05, 0) is 84.3 Å². The number of guanidine groups is 1. The van der Waals surface area contributed by atoms with E-state index in [-0.39, 0.29) is 160 Å². The molecule has 4 aromatic rings. The van der Waals surface area contributed by atoms with Crippen molar-refractivity contribution in [1.29, 1.82) is 0 Å². The van der Waals surface area contributed by atoms with Gasteiger partial charge in [0.15, 0.2) is 5.96 Å². The molecule has 0 spiro atoms. The van der Waals surface area contributed by atoms with Gasteiger partial charge in [-0.15, -0.1) is 0 Å². The molecular formula is C61H83InN13O14+3. The van der Waals surface area contributed by atoms with Crippen molar-refractivity contribution in [2.45, 2.75) is 64.1 Å². The number of benzene rings is 4. The van der Waals surface area contributed by atoms with Crippen molar-refractivity contribution in [2.75, 3.05) is 111 Å². The van der Waals surface area contributed by atoms with Crippen LogP contribution in [0.1, 0.15) is 77.6 Å². The number of carboxylic acids is 3. The van der Waals surface area contributed by atoms with Crippen LogP contribution in [-0.4, -0.2) is 243 Å².